The van der Waals surface area contributed by atoms with E-state index >= 15 is 0 Å². The highest BCUT2D eigenvalue weighted by atomic mass is 35.5. The molecule has 25 heavy (non-hydrogen) atoms. The van der Waals surface area contributed by atoms with Crippen molar-refractivity contribution >= 4 is 44.8 Å². The number of hydrogen-bond donors (Lipinski definition) is 0. The number of halogens is 1. The van der Waals surface area contributed by atoms with Gasteiger partial charge in [-0.3, -0.25) is 4.79 Å². The lowest BCUT2D eigenvalue weighted by molar-refractivity contribution is 0.217. The molecular weight excluding hydrogens is 372 g/mol. The Kier molecular flexibility index (Phi) is 3.63. The minimum atomic E-state index is 0.0760. The third-order valence-corrected chi connectivity index (χ3v) is 8.25. The molecule has 0 bridgehead atoms. The Morgan fingerprint density at radius 1 is 1.16 bits per heavy atom. The van der Waals surface area contributed by atoms with E-state index in [1.54, 1.807) is 23.1 Å². The van der Waals surface area contributed by atoms with Crippen LogP contribution in [-0.2, 0) is 0 Å². The van der Waals surface area contributed by atoms with E-state index < -0.39 is 0 Å². The molecule has 0 aliphatic carbocycles. The molecule has 0 N–H and O–H groups in total. The van der Waals surface area contributed by atoms with Crippen molar-refractivity contribution in [2.45, 2.75) is 17.1 Å². The molecule has 5 rings (SSSR count). The number of benzene rings is 2. The van der Waals surface area contributed by atoms with Crippen LogP contribution in [0, 0.1) is 12.8 Å². The highest BCUT2D eigenvalue weighted by molar-refractivity contribution is 8.01. The average molecular weight is 387 g/mol. The molecule has 126 valence electrons. The maximum Gasteiger partial charge on any atom is 0.193 e. The van der Waals surface area contributed by atoms with Gasteiger partial charge in [-0.2, -0.15) is 0 Å². The Morgan fingerprint density at radius 3 is 2.88 bits per heavy atom. The van der Waals surface area contributed by atoms with E-state index in [4.69, 9.17) is 16.3 Å². The van der Waals surface area contributed by atoms with Crippen molar-refractivity contribution in [1.29, 1.82) is 0 Å². The Labute approximate surface area is 158 Å². The lowest BCUT2D eigenvalue weighted by Gasteiger charge is -2.38. The molecular formula is C20H15ClO2S2. The fourth-order valence-corrected chi connectivity index (χ4v) is 6.79. The topological polar surface area (TPSA) is 26.3 Å². The molecule has 3 heterocycles. The quantitative estimate of drug-likeness (QED) is 0.512. The van der Waals surface area contributed by atoms with E-state index in [1.165, 1.54) is 0 Å². The van der Waals surface area contributed by atoms with Crippen LogP contribution >= 0.6 is 34.7 Å². The smallest absolute Gasteiger partial charge is 0.193 e. The van der Waals surface area contributed by atoms with Gasteiger partial charge in [0.15, 0.2) is 5.43 Å². The maximum absolute atomic E-state index is 13.4. The van der Waals surface area contributed by atoms with Gasteiger partial charge in [0, 0.05) is 43.8 Å². The number of hydrogen-bond acceptors (Lipinski definition) is 4. The van der Waals surface area contributed by atoms with Crippen LogP contribution in [0.3, 0.4) is 0 Å². The normalized spacial score (nSPS) is 21.2. The third-order valence-electron chi connectivity index (χ3n) is 5.18. The van der Waals surface area contributed by atoms with E-state index in [0.29, 0.717) is 12.5 Å². The minimum absolute atomic E-state index is 0.0760. The number of fused-ring (bicyclic) bond motifs is 6. The second-order valence-corrected chi connectivity index (χ2v) is 9.32. The SMILES string of the molecule is Cc1c(Cl)ccc2c1[C@H]1c3c(sc4ccccc4c3=O)SC[C@H]1CO2. The lowest BCUT2D eigenvalue weighted by Crippen LogP contribution is -2.34. The Bertz CT molecular complexity index is 1070. The first-order chi connectivity index (χ1) is 12.1. The monoisotopic (exact) mass is 386 g/mol. The summed E-state index contributed by atoms with van der Waals surface area (Å²) in [5.41, 5.74) is 3.24. The minimum Gasteiger partial charge on any atom is -0.493 e. The summed E-state index contributed by atoms with van der Waals surface area (Å²) in [5.74, 6) is 2.23. The third kappa shape index (κ3) is 2.28. The standard InChI is InChI=1S/C20H15ClO2S2/c1-10-13(21)6-7-14-16(10)17-11(8-23-14)9-24-20-18(17)19(22)12-4-2-3-5-15(12)25-20/h2-7,11,17H,8-9H2,1H3/t11-,17+/m1/s1. The van der Waals surface area contributed by atoms with Crippen molar-refractivity contribution in [3.8, 4) is 5.75 Å². The van der Waals surface area contributed by atoms with Crippen LogP contribution in [0.15, 0.2) is 45.4 Å². The summed E-state index contributed by atoms with van der Waals surface area (Å²) in [6.07, 6.45) is 0. The largest absolute Gasteiger partial charge is 0.493 e. The van der Waals surface area contributed by atoms with Gasteiger partial charge < -0.3 is 4.74 Å². The van der Waals surface area contributed by atoms with Crippen LogP contribution in [0.4, 0.5) is 0 Å². The first kappa shape index (κ1) is 15.7. The first-order valence-corrected chi connectivity index (χ1v) is 10.4. The highest BCUT2D eigenvalue weighted by Crippen LogP contribution is 2.51. The summed E-state index contributed by atoms with van der Waals surface area (Å²) >= 11 is 9.93. The van der Waals surface area contributed by atoms with Gasteiger partial charge in [0.25, 0.3) is 0 Å². The molecule has 5 heteroatoms. The fraction of sp³-hybridized carbons (Fsp3) is 0.250. The second kappa shape index (κ2) is 5.76. The molecule has 0 amide bonds. The summed E-state index contributed by atoms with van der Waals surface area (Å²) in [5, 5.41) is 1.56. The fourth-order valence-electron chi connectivity index (χ4n) is 3.94. The summed E-state index contributed by atoms with van der Waals surface area (Å²) in [4.78, 5) is 13.4. The van der Waals surface area contributed by atoms with Crippen LogP contribution in [-0.4, -0.2) is 12.4 Å². The van der Waals surface area contributed by atoms with Crippen LogP contribution in [0.25, 0.3) is 10.1 Å². The van der Waals surface area contributed by atoms with Crippen molar-refractivity contribution in [2.24, 2.45) is 5.92 Å². The van der Waals surface area contributed by atoms with Crippen molar-refractivity contribution in [2.75, 3.05) is 12.4 Å². The van der Waals surface area contributed by atoms with Gasteiger partial charge in [0.2, 0.25) is 0 Å². The van der Waals surface area contributed by atoms with Gasteiger partial charge in [-0.1, -0.05) is 23.7 Å². The van der Waals surface area contributed by atoms with Gasteiger partial charge in [-0.15, -0.1) is 23.1 Å². The molecule has 2 aromatic carbocycles. The van der Waals surface area contributed by atoms with E-state index in [0.717, 1.165) is 47.5 Å². The Hall–Kier alpha value is -1.49. The van der Waals surface area contributed by atoms with E-state index in [-0.39, 0.29) is 11.3 Å². The molecule has 2 aliphatic rings. The van der Waals surface area contributed by atoms with Crippen LogP contribution in [0.5, 0.6) is 5.75 Å². The molecule has 2 atom stereocenters. The van der Waals surface area contributed by atoms with Gasteiger partial charge in [-0.25, -0.2) is 0 Å². The molecule has 0 radical (unpaired) electrons. The number of rotatable bonds is 0. The van der Waals surface area contributed by atoms with Gasteiger partial charge in [0.1, 0.15) is 5.75 Å². The van der Waals surface area contributed by atoms with Crippen molar-refractivity contribution in [3.05, 3.63) is 68.3 Å². The van der Waals surface area contributed by atoms with Crippen LogP contribution in [0.1, 0.15) is 22.6 Å². The highest BCUT2D eigenvalue weighted by Gasteiger charge is 2.40. The van der Waals surface area contributed by atoms with E-state index in [1.807, 2.05) is 43.3 Å². The van der Waals surface area contributed by atoms with E-state index in [9.17, 15) is 4.79 Å². The number of thioether (sulfide) groups is 1. The van der Waals surface area contributed by atoms with Crippen molar-refractivity contribution in [3.63, 3.8) is 0 Å². The maximum atomic E-state index is 13.4. The molecule has 0 saturated carbocycles. The summed E-state index contributed by atoms with van der Waals surface area (Å²) in [7, 11) is 0. The van der Waals surface area contributed by atoms with Crippen molar-refractivity contribution in [1.82, 2.24) is 0 Å². The first-order valence-electron chi connectivity index (χ1n) is 8.25. The Morgan fingerprint density at radius 2 is 2.00 bits per heavy atom. The zero-order valence-corrected chi connectivity index (χ0v) is 15.9. The van der Waals surface area contributed by atoms with Crippen LogP contribution in [0.2, 0.25) is 5.02 Å². The molecule has 1 aromatic heterocycles. The van der Waals surface area contributed by atoms with Crippen LogP contribution < -0.4 is 10.2 Å². The molecule has 0 unspecified atom stereocenters. The summed E-state index contributed by atoms with van der Waals surface area (Å²) in [6, 6.07) is 11.7. The number of ether oxygens (including phenoxy) is 1. The molecule has 2 aliphatic heterocycles. The van der Waals surface area contributed by atoms with Gasteiger partial charge >= 0.3 is 0 Å². The molecule has 0 spiro atoms. The Balaban J connectivity index is 1.85. The molecule has 0 saturated heterocycles. The lowest BCUT2D eigenvalue weighted by atomic mass is 9.78. The zero-order valence-electron chi connectivity index (χ0n) is 13.5. The second-order valence-electron chi connectivity index (χ2n) is 6.57. The predicted octanol–water partition coefficient (Wildman–Crippen LogP) is 5.47. The van der Waals surface area contributed by atoms with Gasteiger partial charge in [-0.05, 0) is 36.8 Å². The van der Waals surface area contributed by atoms with E-state index in [2.05, 4.69) is 0 Å². The molecule has 0 fully saturated rings. The van der Waals surface area contributed by atoms with Gasteiger partial charge in [0.05, 0.1) is 10.8 Å². The summed E-state index contributed by atoms with van der Waals surface area (Å²) < 4.78 is 8.21. The average Bonchev–Trinajstić information content (AvgIpc) is 2.64. The summed E-state index contributed by atoms with van der Waals surface area (Å²) in [6.45, 7) is 2.69. The molecule has 3 aromatic rings. The van der Waals surface area contributed by atoms with Crippen molar-refractivity contribution < 1.29 is 4.74 Å². The predicted molar refractivity (Wildman–Crippen MR) is 106 cm³/mol. The zero-order chi connectivity index (χ0) is 17.1. The molecule has 2 nitrogen and oxygen atoms in total.